The van der Waals surface area contributed by atoms with E-state index < -0.39 is 0 Å². The van der Waals surface area contributed by atoms with E-state index in [2.05, 4.69) is 27.4 Å². The highest BCUT2D eigenvalue weighted by atomic mass is 16.5. The minimum Gasteiger partial charge on any atom is -0.458 e. The van der Waals surface area contributed by atoms with Gasteiger partial charge in [0.2, 0.25) is 0 Å². The van der Waals surface area contributed by atoms with Crippen molar-refractivity contribution in [3.05, 3.63) is 12.2 Å². The summed E-state index contributed by atoms with van der Waals surface area (Å²) in [5, 5.41) is 0. The number of ether oxygens (including phenoxy) is 1. The van der Waals surface area contributed by atoms with Gasteiger partial charge in [0.05, 0.1) is 0 Å². The fourth-order valence-electron chi connectivity index (χ4n) is 3.42. The summed E-state index contributed by atoms with van der Waals surface area (Å²) in [5.74, 6) is 0.537. The second-order valence-corrected chi connectivity index (χ2v) is 6.00. The summed E-state index contributed by atoms with van der Waals surface area (Å²) in [6, 6.07) is 0. The summed E-state index contributed by atoms with van der Waals surface area (Å²) in [7, 11) is 0. The maximum absolute atomic E-state index is 11.6. The molecule has 90 valence electrons. The highest BCUT2D eigenvalue weighted by molar-refractivity contribution is 5.87. The van der Waals surface area contributed by atoms with Crippen molar-refractivity contribution < 1.29 is 9.53 Å². The molecule has 0 aromatic carbocycles. The van der Waals surface area contributed by atoms with E-state index >= 15 is 0 Å². The van der Waals surface area contributed by atoms with Crippen LogP contribution in [-0.4, -0.2) is 12.1 Å². The van der Waals surface area contributed by atoms with Crippen LogP contribution in [0.4, 0.5) is 0 Å². The van der Waals surface area contributed by atoms with Gasteiger partial charge in [0, 0.05) is 11.0 Å². The van der Waals surface area contributed by atoms with Gasteiger partial charge in [-0.1, -0.05) is 27.4 Å². The minimum atomic E-state index is -0.227. The summed E-state index contributed by atoms with van der Waals surface area (Å²) in [6.07, 6.45) is 3.51. The van der Waals surface area contributed by atoms with E-state index in [1.165, 1.54) is 6.42 Å². The van der Waals surface area contributed by atoms with Gasteiger partial charge in [-0.2, -0.15) is 0 Å². The molecular weight excluding hydrogens is 200 g/mol. The Bertz CT molecular complexity index is 347. The molecule has 0 bridgehead atoms. The van der Waals surface area contributed by atoms with Gasteiger partial charge >= 0.3 is 5.97 Å². The van der Waals surface area contributed by atoms with Crippen LogP contribution in [0.25, 0.3) is 0 Å². The molecule has 0 N–H and O–H groups in total. The minimum absolute atomic E-state index is 0.0884. The number of fused-ring (bicyclic) bond motifs is 1. The highest BCUT2D eigenvalue weighted by Gasteiger charge is 2.69. The van der Waals surface area contributed by atoms with E-state index in [1.807, 2.05) is 0 Å². The molecule has 0 spiro atoms. The molecule has 0 heterocycles. The van der Waals surface area contributed by atoms with Crippen molar-refractivity contribution >= 4 is 5.97 Å². The van der Waals surface area contributed by atoms with E-state index in [1.54, 1.807) is 6.92 Å². The van der Waals surface area contributed by atoms with Gasteiger partial charge in [-0.15, -0.1) is 0 Å². The van der Waals surface area contributed by atoms with Crippen LogP contribution in [0.2, 0.25) is 0 Å². The molecule has 0 aliphatic heterocycles. The smallest absolute Gasteiger partial charge is 0.333 e. The molecular formula is C14H22O2. The molecule has 2 fully saturated rings. The lowest BCUT2D eigenvalue weighted by Crippen LogP contribution is -2.38. The lowest BCUT2D eigenvalue weighted by molar-refractivity contribution is -0.152. The summed E-state index contributed by atoms with van der Waals surface area (Å²) >= 11 is 0. The van der Waals surface area contributed by atoms with Crippen LogP contribution >= 0.6 is 0 Å². The molecule has 0 saturated heterocycles. The van der Waals surface area contributed by atoms with Crippen molar-refractivity contribution in [3.63, 3.8) is 0 Å². The molecule has 2 aliphatic rings. The normalized spacial score (nSPS) is 45.0. The third kappa shape index (κ3) is 1.35. The Balaban J connectivity index is 2.13. The molecule has 4 unspecified atom stereocenters. The first-order chi connectivity index (χ1) is 7.35. The Kier molecular flexibility index (Phi) is 2.45. The summed E-state index contributed by atoms with van der Waals surface area (Å²) in [5.41, 5.74) is 1.06. The predicted molar refractivity (Wildman–Crippen MR) is 63.9 cm³/mol. The Morgan fingerprint density at radius 2 is 2.12 bits per heavy atom. The number of hydrogen-bond acceptors (Lipinski definition) is 2. The van der Waals surface area contributed by atoms with Gasteiger partial charge < -0.3 is 4.74 Å². The molecule has 2 heteroatoms. The number of rotatable bonds is 3. The Morgan fingerprint density at radius 3 is 2.62 bits per heavy atom. The third-order valence-corrected chi connectivity index (χ3v) is 5.26. The largest absolute Gasteiger partial charge is 0.458 e. The van der Waals surface area contributed by atoms with E-state index in [9.17, 15) is 4.79 Å². The summed E-state index contributed by atoms with van der Waals surface area (Å²) in [4.78, 5) is 11.6. The molecule has 2 aliphatic carbocycles. The zero-order valence-electron chi connectivity index (χ0n) is 10.8. The maximum atomic E-state index is 11.6. The van der Waals surface area contributed by atoms with Crippen molar-refractivity contribution in [1.82, 2.24) is 0 Å². The first-order valence-electron chi connectivity index (χ1n) is 6.21. The SMILES string of the molecule is C=C(C)C(=O)OC1CC2CC2(C)C1(C)CC. The van der Waals surface area contributed by atoms with Crippen molar-refractivity contribution in [2.75, 3.05) is 0 Å². The Labute approximate surface area is 98.1 Å². The van der Waals surface area contributed by atoms with Crippen molar-refractivity contribution in [1.29, 1.82) is 0 Å². The molecule has 16 heavy (non-hydrogen) atoms. The highest BCUT2D eigenvalue weighted by Crippen LogP contribution is 2.73. The fourth-order valence-corrected chi connectivity index (χ4v) is 3.42. The van der Waals surface area contributed by atoms with Gasteiger partial charge in [0.25, 0.3) is 0 Å². The molecule has 0 aromatic rings. The lowest BCUT2D eigenvalue weighted by atomic mass is 9.72. The molecule has 2 nitrogen and oxygen atoms in total. The molecule has 4 atom stereocenters. The monoisotopic (exact) mass is 222 g/mol. The average molecular weight is 222 g/mol. The fraction of sp³-hybridized carbons (Fsp3) is 0.786. The Hall–Kier alpha value is -0.790. The molecule has 2 saturated carbocycles. The van der Waals surface area contributed by atoms with Gasteiger partial charge in [-0.05, 0) is 37.5 Å². The summed E-state index contributed by atoms with van der Waals surface area (Å²) < 4.78 is 5.61. The lowest BCUT2D eigenvalue weighted by Gasteiger charge is -2.37. The van der Waals surface area contributed by atoms with Crippen LogP contribution in [0.15, 0.2) is 12.2 Å². The van der Waals surface area contributed by atoms with Gasteiger partial charge in [0.15, 0.2) is 0 Å². The van der Waals surface area contributed by atoms with Crippen LogP contribution in [0, 0.1) is 16.7 Å². The standard InChI is InChI=1S/C14H22O2/c1-6-13(4)11(16-12(15)9(2)3)7-10-8-14(10,13)5/h10-11H,2,6-8H2,1,3-5H3. The molecule has 0 radical (unpaired) electrons. The topological polar surface area (TPSA) is 26.3 Å². The summed E-state index contributed by atoms with van der Waals surface area (Å²) in [6.45, 7) is 12.2. The van der Waals surface area contributed by atoms with Crippen LogP contribution in [0.5, 0.6) is 0 Å². The quantitative estimate of drug-likeness (QED) is 0.541. The third-order valence-electron chi connectivity index (χ3n) is 5.26. The van der Waals surface area contributed by atoms with Gasteiger partial charge in [0.1, 0.15) is 6.10 Å². The number of carbonyl (C=O) groups excluding carboxylic acids is 1. The van der Waals surface area contributed by atoms with Crippen molar-refractivity contribution in [3.8, 4) is 0 Å². The molecule has 0 amide bonds. The van der Waals surface area contributed by atoms with Crippen LogP contribution in [0.1, 0.15) is 47.0 Å². The van der Waals surface area contributed by atoms with Crippen LogP contribution in [-0.2, 0) is 9.53 Å². The molecule has 0 aromatic heterocycles. The maximum Gasteiger partial charge on any atom is 0.333 e. The van der Waals surface area contributed by atoms with Gasteiger partial charge in [-0.25, -0.2) is 4.79 Å². The predicted octanol–water partition coefficient (Wildman–Crippen LogP) is 3.32. The van der Waals surface area contributed by atoms with E-state index in [4.69, 9.17) is 4.74 Å². The van der Waals surface area contributed by atoms with Crippen LogP contribution < -0.4 is 0 Å². The average Bonchev–Trinajstić information content (AvgIpc) is 2.83. The second-order valence-electron chi connectivity index (χ2n) is 6.00. The van der Waals surface area contributed by atoms with Crippen molar-refractivity contribution in [2.45, 2.75) is 53.1 Å². The Morgan fingerprint density at radius 1 is 1.50 bits per heavy atom. The first-order valence-corrected chi connectivity index (χ1v) is 6.21. The van der Waals surface area contributed by atoms with Gasteiger partial charge in [-0.3, -0.25) is 0 Å². The van der Waals surface area contributed by atoms with E-state index in [0.717, 1.165) is 18.8 Å². The zero-order valence-corrected chi connectivity index (χ0v) is 10.8. The number of carbonyl (C=O) groups is 1. The first kappa shape index (κ1) is 11.7. The van der Waals surface area contributed by atoms with Crippen LogP contribution in [0.3, 0.4) is 0 Å². The van der Waals surface area contributed by atoms with E-state index in [-0.39, 0.29) is 17.5 Å². The molecule has 2 rings (SSSR count). The number of hydrogen-bond donors (Lipinski definition) is 0. The zero-order chi connectivity index (χ0) is 12.1. The number of esters is 1. The second kappa shape index (κ2) is 3.35. The van der Waals surface area contributed by atoms with Crippen molar-refractivity contribution in [2.24, 2.45) is 16.7 Å². The van der Waals surface area contributed by atoms with E-state index in [0.29, 0.717) is 11.0 Å².